The van der Waals surface area contributed by atoms with Gasteiger partial charge < -0.3 is 36.2 Å². The van der Waals surface area contributed by atoms with Crippen molar-refractivity contribution < 1.29 is 29.4 Å². The van der Waals surface area contributed by atoms with Crippen molar-refractivity contribution in [2.24, 2.45) is 64.4 Å². The Balaban J connectivity index is 1.28. The summed E-state index contributed by atoms with van der Waals surface area (Å²) in [6.07, 6.45) is 6.88. The molecule has 0 aromatic rings. The van der Waals surface area contributed by atoms with Gasteiger partial charge in [-0.15, -0.1) is 0 Å². The summed E-state index contributed by atoms with van der Waals surface area (Å²) in [5.74, 6) is 1.96. The Kier molecular flexibility index (Phi) is 13.6. The van der Waals surface area contributed by atoms with Gasteiger partial charge >= 0.3 is 0 Å². The van der Waals surface area contributed by atoms with Gasteiger partial charge in [-0.1, -0.05) is 41.0 Å². The van der Waals surface area contributed by atoms with Gasteiger partial charge in [-0.05, 0) is 113 Å². The van der Waals surface area contributed by atoms with E-state index in [-0.39, 0.29) is 66.3 Å². The molecule has 5 saturated carbocycles. The van der Waals surface area contributed by atoms with E-state index < -0.39 is 24.2 Å². The second-order valence-electron chi connectivity index (χ2n) is 18.8. The first-order chi connectivity index (χ1) is 24.0. The van der Waals surface area contributed by atoms with E-state index in [9.17, 15) is 19.8 Å². The van der Waals surface area contributed by atoms with Crippen LogP contribution < -0.4 is 16.4 Å². The number of nitrogens with zero attached hydrogens (tertiary/aromatic N) is 2. The molecule has 11 nitrogen and oxygen atoms in total. The second-order valence-corrected chi connectivity index (χ2v) is 18.8. The van der Waals surface area contributed by atoms with Crippen molar-refractivity contribution in [2.75, 3.05) is 40.9 Å². The number of amides is 2. The molecule has 294 valence electrons. The monoisotopic (exact) mass is 720 g/mol. The van der Waals surface area contributed by atoms with Gasteiger partial charge in [0.05, 0.1) is 18.8 Å². The number of fused-ring (bicyclic) bond motifs is 2. The fourth-order valence-corrected chi connectivity index (χ4v) is 11.6. The van der Waals surface area contributed by atoms with Gasteiger partial charge in [0, 0.05) is 56.1 Å². The zero-order chi connectivity index (χ0) is 37.4. The number of ether oxygens (including phenoxy) is 1. The number of nitrogens with one attached hydrogen (secondary N) is 2. The Morgan fingerprint density at radius 1 is 1.08 bits per heavy atom. The topological polar surface area (TPSA) is 150 Å². The summed E-state index contributed by atoms with van der Waals surface area (Å²) in [4.78, 5) is 36.5. The van der Waals surface area contributed by atoms with Crippen LogP contribution in [0.3, 0.4) is 0 Å². The van der Waals surface area contributed by atoms with Crippen molar-refractivity contribution >= 4 is 11.8 Å². The molecule has 6 aliphatic rings. The number of carbonyl (C=O) groups is 2. The third-order valence-electron chi connectivity index (χ3n) is 14.2. The minimum atomic E-state index is -0.832. The lowest BCUT2D eigenvalue weighted by atomic mass is 9.45. The van der Waals surface area contributed by atoms with E-state index in [1.54, 1.807) is 19.1 Å². The number of hydroxylamine groups is 2. The van der Waals surface area contributed by atoms with Crippen molar-refractivity contribution in [3.63, 3.8) is 0 Å². The SMILES string of the molecule is COC1C(CN2O[C@@H](CO)[C@@H]([C@H](C)O)[C@H]2C(=O)N[C@H]2C[C@H]3C[C@@H]([C@@H]2C)C3(C)C)CCCC1C1CC(N)CC(C(=O)N[C@H](CC(C)C)CN(C)C)C1. The lowest BCUT2D eigenvalue weighted by Gasteiger charge is -2.62. The Labute approximate surface area is 308 Å². The number of hydrogen-bond acceptors (Lipinski definition) is 9. The third kappa shape index (κ3) is 8.97. The highest BCUT2D eigenvalue weighted by Gasteiger charge is 2.58. The fourth-order valence-electron chi connectivity index (χ4n) is 11.6. The van der Waals surface area contributed by atoms with Crippen LogP contribution in [0.25, 0.3) is 0 Å². The number of aliphatic hydroxyl groups excluding tert-OH is 2. The lowest BCUT2D eigenvalue weighted by Crippen LogP contribution is -2.62. The number of methoxy groups -OCH3 is 1. The first kappa shape index (κ1) is 40.8. The van der Waals surface area contributed by atoms with E-state index in [0.717, 1.165) is 51.5 Å². The predicted molar refractivity (Wildman–Crippen MR) is 199 cm³/mol. The number of aliphatic hydroxyl groups is 2. The molecular formula is C40H73N5O6. The molecule has 0 radical (unpaired) electrons. The molecule has 0 aromatic heterocycles. The zero-order valence-corrected chi connectivity index (χ0v) is 33.2. The van der Waals surface area contributed by atoms with Crippen molar-refractivity contribution in [1.82, 2.24) is 20.6 Å². The van der Waals surface area contributed by atoms with E-state index in [4.69, 9.17) is 15.3 Å². The van der Waals surface area contributed by atoms with Gasteiger partial charge in [0.2, 0.25) is 11.8 Å². The second kappa shape index (κ2) is 17.0. The van der Waals surface area contributed by atoms with Crippen LogP contribution in [-0.2, 0) is 19.2 Å². The molecule has 0 aromatic carbocycles. The number of carbonyl (C=O) groups excluding carboxylic acids is 2. The molecule has 1 saturated heterocycles. The Hall–Kier alpha value is -1.34. The molecule has 0 spiro atoms. The maximum absolute atomic E-state index is 14.3. The van der Waals surface area contributed by atoms with Crippen molar-refractivity contribution in [3.05, 3.63) is 0 Å². The molecule has 2 bridgehead atoms. The standard InChI is InChI=1S/C40H73N5O6/c1-22(2)13-30(20-44(7)8)42-38(48)27-14-26(15-29(41)16-27)31-12-10-11-25(37(31)50-9)19-45-36(35(24(4)47)34(21-46)51-45)39(49)43-33-18-28-17-32(23(33)3)40(28,5)6/h22-37,46-47H,10-21,41H2,1-9H3,(H,42,48)(H,43,49)/t23-,24-,25?,26?,27?,28+,29?,30+,31?,32-,33-,34-,35+,36-,37?/m0/s1. The molecule has 2 amide bonds. The summed E-state index contributed by atoms with van der Waals surface area (Å²) in [5, 5.41) is 29.9. The van der Waals surface area contributed by atoms with E-state index in [1.165, 1.54) is 6.42 Å². The molecule has 1 heterocycles. The largest absolute Gasteiger partial charge is 0.394 e. The smallest absolute Gasteiger partial charge is 0.240 e. The molecular weight excluding hydrogens is 646 g/mol. The molecule has 11 heteroatoms. The minimum Gasteiger partial charge on any atom is -0.394 e. The van der Waals surface area contributed by atoms with Crippen LogP contribution >= 0.6 is 0 Å². The van der Waals surface area contributed by atoms with Gasteiger partial charge in [-0.25, -0.2) is 0 Å². The first-order valence-corrected chi connectivity index (χ1v) is 20.3. The molecule has 15 atom stereocenters. The van der Waals surface area contributed by atoms with Crippen LogP contribution in [0.4, 0.5) is 0 Å². The predicted octanol–water partition coefficient (Wildman–Crippen LogP) is 3.41. The van der Waals surface area contributed by atoms with Gasteiger partial charge in [0.25, 0.3) is 0 Å². The van der Waals surface area contributed by atoms with E-state index in [0.29, 0.717) is 42.1 Å². The summed E-state index contributed by atoms with van der Waals surface area (Å²) >= 11 is 0. The molecule has 5 aliphatic carbocycles. The minimum absolute atomic E-state index is 0.0410. The number of rotatable bonds is 14. The summed E-state index contributed by atoms with van der Waals surface area (Å²) in [6, 6.07) is -0.558. The summed E-state index contributed by atoms with van der Waals surface area (Å²) in [7, 11) is 5.88. The van der Waals surface area contributed by atoms with E-state index in [2.05, 4.69) is 50.2 Å². The Morgan fingerprint density at radius 3 is 2.39 bits per heavy atom. The lowest BCUT2D eigenvalue weighted by molar-refractivity contribution is -0.193. The normalized spacial score (nSPS) is 40.9. The summed E-state index contributed by atoms with van der Waals surface area (Å²) < 4.78 is 6.33. The first-order valence-electron chi connectivity index (χ1n) is 20.3. The van der Waals surface area contributed by atoms with Crippen LogP contribution in [0.2, 0.25) is 0 Å². The highest BCUT2D eigenvalue weighted by molar-refractivity contribution is 5.83. The van der Waals surface area contributed by atoms with Crippen molar-refractivity contribution in [1.29, 1.82) is 0 Å². The van der Waals surface area contributed by atoms with Gasteiger partial charge in [0.1, 0.15) is 12.1 Å². The quantitative estimate of drug-likeness (QED) is 0.182. The van der Waals surface area contributed by atoms with E-state index >= 15 is 0 Å². The maximum Gasteiger partial charge on any atom is 0.240 e. The van der Waals surface area contributed by atoms with Crippen molar-refractivity contribution in [3.8, 4) is 0 Å². The molecule has 1 aliphatic heterocycles. The van der Waals surface area contributed by atoms with Gasteiger partial charge in [-0.2, -0.15) is 5.06 Å². The molecule has 6 N–H and O–H groups in total. The van der Waals surface area contributed by atoms with Gasteiger partial charge in [-0.3, -0.25) is 14.4 Å². The maximum atomic E-state index is 14.3. The average molecular weight is 720 g/mol. The number of hydrogen-bond donors (Lipinski definition) is 5. The highest BCUT2D eigenvalue weighted by Crippen LogP contribution is 2.61. The highest BCUT2D eigenvalue weighted by atomic mass is 16.7. The van der Waals surface area contributed by atoms with Crippen LogP contribution in [0.1, 0.15) is 99.3 Å². The Morgan fingerprint density at radius 2 is 1.80 bits per heavy atom. The fraction of sp³-hybridized carbons (Fsp3) is 0.950. The Bertz CT molecular complexity index is 1160. The molecule has 6 rings (SSSR count). The van der Waals surface area contributed by atoms with Gasteiger partial charge in [0.15, 0.2) is 0 Å². The van der Waals surface area contributed by atoms with E-state index in [1.807, 2.05) is 14.1 Å². The molecule has 51 heavy (non-hydrogen) atoms. The zero-order valence-electron chi connectivity index (χ0n) is 33.2. The van der Waals surface area contributed by atoms with Crippen molar-refractivity contribution in [2.45, 2.75) is 142 Å². The summed E-state index contributed by atoms with van der Waals surface area (Å²) in [5.41, 5.74) is 7.01. The van der Waals surface area contributed by atoms with Crippen LogP contribution in [0.15, 0.2) is 0 Å². The van der Waals surface area contributed by atoms with Crippen LogP contribution in [0, 0.1) is 58.7 Å². The summed E-state index contributed by atoms with van der Waals surface area (Å²) in [6.45, 7) is 14.1. The molecule has 6 unspecified atom stereocenters. The van der Waals surface area contributed by atoms with Crippen LogP contribution in [-0.4, -0.2) is 115 Å². The number of nitrogens with two attached hydrogens (primary N) is 1. The molecule has 6 fully saturated rings. The average Bonchev–Trinajstić information content (AvgIpc) is 3.43. The number of likely N-dealkylation sites (N-methyl/N-ethyl adjacent to an activating group) is 1. The third-order valence-corrected chi connectivity index (χ3v) is 14.2. The van der Waals surface area contributed by atoms with Crippen LogP contribution in [0.5, 0.6) is 0 Å².